The van der Waals surface area contributed by atoms with Crippen molar-refractivity contribution < 1.29 is 9.50 Å². The van der Waals surface area contributed by atoms with Crippen LogP contribution in [0.3, 0.4) is 0 Å². The van der Waals surface area contributed by atoms with Crippen LogP contribution < -0.4 is 4.90 Å². The third-order valence-corrected chi connectivity index (χ3v) is 3.88. The predicted molar refractivity (Wildman–Crippen MR) is 75.9 cm³/mol. The van der Waals surface area contributed by atoms with E-state index in [-0.39, 0.29) is 5.82 Å². The summed E-state index contributed by atoms with van der Waals surface area (Å²) in [7, 11) is 4.10. The fraction of sp³-hybridized carbons (Fsp3) is 0.600. The number of halogens is 1. The van der Waals surface area contributed by atoms with E-state index in [1.807, 2.05) is 13.1 Å². The second kappa shape index (κ2) is 5.88. The average Bonchev–Trinajstić information content (AvgIpc) is 2.73. The lowest BCUT2D eigenvalue weighted by molar-refractivity contribution is 0.194. The van der Waals surface area contributed by atoms with Gasteiger partial charge in [-0.1, -0.05) is 6.07 Å². The maximum Gasteiger partial charge on any atom is 0.131 e. The minimum absolute atomic E-state index is 0.331. The third kappa shape index (κ3) is 3.25. The second-order valence-corrected chi connectivity index (χ2v) is 5.65. The van der Waals surface area contributed by atoms with Crippen LogP contribution in [-0.2, 0) is 0 Å². The molecule has 1 N–H and O–H groups in total. The van der Waals surface area contributed by atoms with Crippen molar-refractivity contribution in [3.8, 4) is 0 Å². The molecule has 0 aliphatic carbocycles. The van der Waals surface area contributed by atoms with Crippen molar-refractivity contribution >= 4 is 5.69 Å². The molecule has 19 heavy (non-hydrogen) atoms. The molecule has 0 bridgehead atoms. The van der Waals surface area contributed by atoms with E-state index >= 15 is 0 Å². The summed E-state index contributed by atoms with van der Waals surface area (Å²) in [5.74, 6) is 0.281. The number of benzene rings is 1. The topological polar surface area (TPSA) is 26.7 Å². The number of aliphatic hydroxyl groups is 1. The standard InChI is InChI=1S/C15H23FN2O/c1-11(19)15-13(16)5-4-6-14(15)18(3)10-12-7-8-17(2)9-12/h4-6,11-12,19H,7-10H2,1-3H3. The number of hydrogen-bond acceptors (Lipinski definition) is 3. The van der Waals surface area contributed by atoms with Crippen LogP contribution in [0.15, 0.2) is 18.2 Å². The van der Waals surface area contributed by atoms with Gasteiger partial charge in [-0.05, 0) is 45.0 Å². The van der Waals surface area contributed by atoms with E-state index in [9.17, 15) is 9.50 Å². The highest BCUT2D eigenvalue weighted by molar-refractivity contribution is 5.54. The lowest BCUT2D eigenvalue weighted by Crippen LogP contribution is -2.28. The maximum absolute atomic E-state index is 13.8. The van der Waals surface area contributed by atoms with Gasteiger partial charge in [0, 0.05) is 31.4 Å². The van der Waals surface area contributed by atoms with Crippen molar-refractivity contribution in [1.29, 1.82) is 0 Å². The van der Waals surface area contributed by atoms with Gasteiger partial charge in [0.1, 0.15) is 5.82 Å². The summed E-state index contributed by atoms with van der Waals surface area (Å²) in [5, 5.41) is 9.76. The summed E-state index contributed by atoms with van der Waals surface area (Å²) in [6.45, 7) is 4.72. The number of aliphatic hydroxyl groups excluding tert-OH is 1. The molecule has 2 unspecified atom stereocenters. The number of anilines is 1. The van der Waals surface area contributed by atoms with Gasteiger partial charge < -0.3 is 14.9 Å². The van der Waals surface area contributed by atoms with Crippen LogP contribution in [0, 0.1) is 11.7 Å². The van der Waals surface area contributed by atoms with Crippen LogP contribution in [0.1, 0.15) is 25.0 Å². The molecule has 2 atom stereocenters. The Kier molecular flexibility index (Phi) is 4.42. The molecule has 0 amide bonds. The van der Waals surface area contributed by atoms with Gasteiger partial charge in [-0.2, -0.15) is 0 Å². The van der Waals surface area contributed by atoms with Gasteiger partial charge in [0.15, 0.2) is 0 Å². The molecular weight excluding hydrogens is 243 g/mol. The molecule has 1 aromatic rings. The molecule has 3 nitrogen and oxygen atoms in total. The first kappa shape index (κ1) is 14.3. The number of hydrogen-bond donors (Lipinski definition) is 1. The van der Waals surface area contributed by atoms with Gasteiger partial charge in [0.05, 0.1) is 6.10 Å². The molecule has 1 aliphatic heterocycles. The van der Waals surface area contributed by atoms with Gasteiger partial charge in [-0.3, -0.25) is 0 Å². The molecule has 4 heteroatoms. The van der Waals surface area contributed by atoms with Crippen LogP contribution >= 0.6 is 0 Å². The number of likely N-dealkylation sites (tertiary alicyclic amines) is 1. The Bertz CT molecular complexity index is 436. The number of nitrogens with zero attached hydrogens (tertiary/aromatic N) is 2. The van der Waals surface area contributed by atoms with Crippen molar-refractivity contribution in [2.24, 2.45) is 5.92 Å². The van der Waals surface area contributed by atoms with Crippen LogP contribution in [0.4, 0.5) is 10.1 Å². The van der Waals surface area contributed by atoms with E-state index in [0.29, 0.717) is 11.5 Å². The Labute approximate surface area is 114 Å². The lowest BCUT2D eigenvalue weighted by atomic mass is 10.0. The first-order valence-corrected chi connectivity index (χ1v) is 6.85. The highest BCUT2D eigenvalue weighted by atomic mass is 19.1. The van der Waals surface area contributed by atoms with E-state index in [4.69, 9.17) is 0 Å². The largest absolute Gasteiger partial charge is 0.389 e. The molecule has 0 saturated carbocycles. The van der Waals surface area contributed by atoms with Crippen molar-refractivity contribution in [3.63, 3.8) is 0 Å². The minimum atomic E-state index is -0.787. The fourth-order valence-electron chi connectivity index (χ4n) is 2.93. The molecule has 0 spiro atoms. The van der Waals surface area contributed by atoms with E-state index in [2.05, 4.69) is 16.8 Å². The normalized spacial score (nSPS) is 21.6. The molecule has 1 aromatic carbocycles. The summed E-state index contributed by atoms with van der Waals surface area (Å²) >= 11 is 0. The summed E-state index contributed by atoms with van der Waals surface area (Å²) in [6.07, 6.45) is 0.394. The Balaban J connectivity index is 2.14. The summed E-state index contributed by atoms with van der Waals surface area (Å²) in [6, 6.07) is 4.99. The van der Waals surface area contributed by atoms with Crippen molar-refractivity contribution in [2.45, 2.75) is 19.4 Å². The van der Waals surface area contributed by atoms with Gasteiger partial charge >= 0.3 is 0 Å². The minimum Gasteiger partial charge on any atom is -0.389 e. The summed E-state index contributed by atoms with van der Waals surface area (Å²) in [5.41, 5.74) is 1.20. The monoisotopic (exact) mass is 266 g/mol. The highest BCUT2D eigenvalue weighted by Gasteiger charge is 2.23. The molecule has 2 rings (SSSR count). The van der Waals surface area contributed by atoms with Gasteiger partial charge in [0.2, 0.25) is 0 Å². The second-order valence-electron chi connectivity index (χ2n) is 5.65. The summed E-state index contributed by atoms with van der Waals surface area (Å²) < 4.78 is 13.8. The molecular formula is C15H23FN2O. The Hall–Kier alpha value is -1.13. The lowest BCUT2D eigenvalue weighted by Gasteiger charge is -2.26. The predicted octanol–water partition coefficient (Wildman–Crippen LogP) is 2.27. The van der Waals surface area contributed by atoms with Crippen molar-refractivity contribution in [1.82, 2.24) is 4.90 Å². The Morgan fingerprint density at radius 3 is 2.84 bits per heavy atom. The van der Waals surface area contributed by atoms with E-state index in [1.165, 1.54) is 12.5 Å². The Morgan fingerprint density at radius 1 is 1.53 bits per heavy atom. The van der Waals surface area contributed by atoms with E-state index in [1.54, 1.807) is 13.0 Å². The van der Waals surface area contributed by atoms with E-state index < -0.39 is 6.10 Å². The van der Waals surface area contributed by atoms with Crippen LogP contribution in [0.2, 0.25) is 0 Å². The average molecular weight is 266 g/mol. The molecule has 1 saturated heterocycles. The molecule has 0 radical (unpaired) electrons. The van der Waals surface area contributed by atoms with Crippen molar-refractivity contribution in [3.05, 3.63) is 29.6 Å². The zero-order valence-corrected chi connectivity index (χ0v) is 11.9. The molecule has 1 heterocycles. The Morgan fingerprint density at radius 2 is 2.26 bits per heavy atom. The first-order valence-electron chi connectivity index (χ1n) is 6.85. The zero-order chi connectivity index (χ0) is 14.0. The maximum atomic E-state index is 13.8. The zero-order valence-electron chi connectivity index (χ0n) is 11.9. The molecule has 1 aliphatic rings. The van der Waals surface area contributed by atoms with Gasteiger partial charge in [-0.15, -0.1) is 0 Å². The van der Waals surface area contributed by atoms with Crippen molar-refractivity contribution in [2.75, 3.05) is 38.6 Å². The summed E-state index contributed by atoms with van der Waals surface area (Å²) in [4.78, 5) is 4.38. The molecule has 0 aromatic heterocycles. The number of rotatable bonds is 4. The third-order valence-electron chi connectivity index (χ3n) is 3.88. The van der Waals surface area contributed by atoms with E-state index in [0.717, 1.165) is 25.3 Å². The first-order chi connectivity index (χ1) is 8.99. The SMILES string of the molecule is CC(O)c1c(F)cccc1N(C)CC1CCN(C)C1. The van der Waals surface area contributed by atoms with Gasteiger partial charge in [-0.25, -0.2) is 4.39 Å². The quantitative estimate of drug-likeness (QED) is 0.905. The molecule has 1 fully saturated rings. The smallest absolute Gasteiger partial charge is 0.131 e. The molecule has 106 valence electrons. The van der Waals surface area contributed by atoms with Crippen LogP contribution in [0.25, 0.3) is 0 Å². The van der Waals surface area contributed by atoms with Gasteiger partial charge in [0.25, 0.3) is 0 Å². The fourth-order valence-corrected chi connectivity index (χ4v) is 2.93. The highest BCUT2D eigenvalue weighted by Crippen LogP contribution is 2.29. The van der Waals surface area contributed by atoms with Crippen LogP contribution in [0.5, 0.6) is 0 Å². The van der Waals surface area contributed by atoms with Crippen LogP contribution in [-0.4, -0.2) is 43.7 Å².